The van der Waals surface area contributed by atoms with Gasteiger partial charge in [0.2, 0.25) is 0 Å². The summed E-state index contributed by atoms with van der Waals surface area (Å²) in [6.07, 6.45) is 0.955. The van der Waals surface area contributed by atoms with E-state index in [0.29, 0.717) is 0 Å². The molecule has 0 fully saturated rings. The van der Waals surface area contributed by atoms with Gasteiger partial charge in [-0.1, -0.05) is 18.2 Å². The molecule has 0 atom stereocenters. The lowest BCUT2D eigenvalue weighted by Gasteiger charge is -2.24. The van der Waals surface area contributed by atoms with Crippen LogP contribution in [0.2, 0.25) is 6.04 Å². The lowest BCUT2D eigenvalue weighted by atomic mass is 10.3. The zero-order valence-corrected chi connectivity index (χ0v) is 14.2. The Morgan fingerprint density at radius 2 is 1.45 bits per heavy atom. The van der Waals surface area contributed by atoms with Crippen molar-refractivity contribution in [3.63, 3.8) is 0 Å². The maximum Gasteiger partial charge on any atom is 0.500 e. The number of nitrogens with one attached hydrogen (secondary N) is 2. The van der Waals surface area contributed by atoms with Crippen LogP contribution in [-0.2, 0) is 13.3 Å². The topological polar surface area (TPSA) is 51.8 Å². The minimum absolute atomic E-state index is 0.816. The predicted molar refractivity (Wildman–Crippen MR) is 86.1 cm³/mol. The van der Waals surface area contributed by atoms with Crippen LogP contribution in [0.1, 0.15) is 6.42 Å². The minimum Gasteiger partial charge on any atom is -0.385 e. The quantitative estimate of drug-likeness (QED) is 0.569. The fourth-order valence-corrected chi connectivity index (χ4v) is 3.37. The second-order valence-corrected chi connectivity index (χ2v) is 7.28. The van der Waals surface area contributed by atoms with Gasteiger partial charge in [0.05, 0.1) is 0 Å². The van der Waals surface area contributed by atoms with Crippen molar-refractivity contribution < 1.29 is 13.3 Å². The summed E-state index contributed by atoms with van der Waals surface area (Å²) in [5.41, 5.74) is 1.13. The van der Waals surface area contributed by atoms with Gasteiger partial charge in [-0.25, -0.2) is 0 Å². The maximum absolute atomic E-state index is 5.36. The van der Waals surface area contributed by atoms with Gasteiger partial charge < -0.3 is 23.9 Å². The largest absolute Gasteiger partial charge is 0.500 e. The Bertz CT molecular complexity index is 313. The Hall–Kier alpha value is -0.923. The summed E-state index contributed by atoms with van der Waals surface area (Å²) >= 11 is 0. The van der Waals surface area contributed by atoms with E-state index in [1.54, 1.807) is 21.3 Å². The standard InChI is InChI=1S/C12H21NO3Si.C2H7N/c1-14-17(15-2,16-3)11-7-10-13-12-8-5-4-6-9-12;1-3-2/h4-6,8-9,13H,7,10-11H2,1-3H3;3H,1-2H3. The lowest BCUT2D eigenvalue weighted by molar-refractivity contribution is 0.123. The van der Waals surface area contributed by atoms with Crippen molar-refractivity contribution in [2.45, 2.75) is 12.5 Å². The van der Waals surface area contributed by atoms with Crippen molar-refractivity contribution in [3.05, 3.63) is 30.3 Å². The summed E-state index contributed by atoms with van der Waals surface area (Å²) in [7, 11) is 6.28. The molecular weight excluding hydrogens is 272 g/mol. The van der Waals surface area contributed by atoms with Gasteiger partial charge in [0.25, 0.3) is 0 Å². The fraction of sp³-hybridized carbons (Fsp3) is 0.571. The Kier molecular flexibility index (Phi) is 11.3. The van der Waals surface area contributed by atoms with E-state index in [1.807, 2.05) is 44.4 Å². The average Bonchev–Trinajstić information content (AvgIpc) is 2.50. The maximum atomic E-state index is 5.36. The van der Waals surface area contributed by atoms with Crippen LogP contribution >= 0.6 is 0 Å². The summed E-state index contributed by atoms with van der Waals surface area (Å²) < 4.78 is 16.1. The molecule has 0 bridgehead atoms. The molecule has 0 unspecified atom stereocenters. The van der Waals surface area contributed by atoms with Crippen LogP contribution in [0.15, 0.2) is 30.3 Å². The normalized spacial score (nSPS) is 10.7. The smallest absolute Gasteiger partial charge is 0.385 e. The van der Waals surface area contributed by atoms with E-state index in [9.17, 15) is 0 Å². The van der Waals surface area contributed by atoms with Gasteiger partial charge in [0, 0.05) is 39.6 Å². The molecule has 0 saturated heterocycles. The molecule has 1 aromatic rings. The monoisotopic (exact) mass is 300 g/mol. The first-order valence-corrected chi connectivity index (χ1v) is 8.64. The molecule has 1 aromatic carbocycles. The van der Waals surface area contributed by atoms with Crippen molar-refractivity contribution in [1.29, 1.82) is 0 Å². The molecule has 0 spiro atoms. The SMILES string of the molecule is CNC.CO[Si](CCCNc1ccccc1)(OC)OC. The number of hydrogen-bond donors (Lipinski definition) is 2. The number of benzene rings is 1. The molecule has 0 aliphatic carbocycles. The number of rotatable bonds is 8. The van der Waals surface area contributed by atoms with Crippen molar-refractivity contribution in [2.24, 2.45) is 0 Å². The average molecular weight is 300 g/mol. The Balaban J connectivity index is 0.00000110. The van der Waals surface area contributed by atoms with Crippen LogP contribution in [0, 0.1) is 0 Å². The zero-order valence-electron chi connectivity index (χ0n) is 13.2. The first-order valence-electron chi connectivity index (χ1n) is 6.70. The summed E-state index contributed by atoms with van der Waals surface area (Å²) in [6.45, 7) is 0.884. The number of hydrogen-bond acceptors (Lipinski definition) is 5. The molecule has 0 aliphatic heterocycles. The molecule has 5 nitrogen and oxygen atoms in total. The van der Waals surface area contributed by atoms with Crippen LogP contribution in [0.25, 0.3) is 0 Å². The molecular formula is C14H28N2O3Si. The van der Waals surface area contributed by atoms with E-state index >= 15 is 0 Å². The van der Waals surface area contributed by atoms with Crippen LogP contribution in [0.3, 0.4) is 0 Å². The van der Waals surface area contributed by atoms with Crippen molar-refractivity contribution >= 4 is 14.5 Å². The first-order chi connectivity index (χ1) is 9.67. The number of para-hydroxylation sites is 1. The molecule has 0 aromatic heterocycles. The fourth-order valence-electron chi connectivity index (χ4n) is 1.65. The minimum atomic E-state index is -2.40. The summed E-state index contributed by atoms with van der Waals surface area (Å²) in [6, 6.07) is 10.9. The summed E-state index contributed by atoms with van der Waals surface area (Å²) in [4.78, 5) is 0. The van der Waals surface area contributed by atoms with Crippen molar-refractivity contribution in [2.75, 3.05) is 47.3 Å². The van der Waals surface area contributed by atoms with Crippen LogP contribution in [0.4, 0.5) is 5.69 Å². The molecule has 116 valence electrons. The molecule has 0 radical (unpaired) electrons. The van der Waals surface area contributed by atoms with E-state index in [4.69, 9.17) is 13.3 Å². The molecule has 0 amide bonds. The third kappa shape index (κ3) is 7.61. The predicted octanol–water partition coefficient (Wildman–Crippen LogP) is 2.20. The highest BCUT2D eigenvalue weighted by Gasteiger charge is 2.36. The van der Waals surface area contributed by atoms with Crippen molar-refractivity contribution in [1.82, 2.24) is 5.32 Å². The lowest BCUT2D eigenvalue weighted by Crippen LogP contribution is -2.42. The van der Waals surface area contributed by atoms with E-state index in [-0.39, 0.29) is 0 Å². The highest BCUT2D eigenvalue weighted by atomic mass is 28.4. The molecule has 0 heterocycles. The summed E-state index contributed by atoms with van der Waals surface area (Å²) in [5.74, 6) is 0. The molecule has 2 N–H and O–H groups in total. The van der Waals surface area contributed by atoms with Gasteiger partial charge in [-0.15, -0.1) is 0 Å². The third-order valence-electron chi connectivity index (χ3n) is 2.70. The van der Waals surface area contributed by atoms with Crippen LogP contribution in [0.5, 0.6) is 0 Å². The van der Waals surface area contributed by atoms with E-state index in [2.05, 4.69) is 10.6 Å². The first kappa shape index (κ1) is 19.1. The molecule has 6 heteroatoms. The molecule has 0 saturated carbocycles. The highest BCUT2D eigenvalue weighted by Crippen LogP contribution is 2.15. The van der Waals surface area contributed by atoms with E-state index in [0.717, 1.165) is 24.7 Å². The second kappa shape index (κ2) is 11.9. The van der Waals surface area contributed by atoms with Gasteiger partial charge in [-0.3, -0.25) is 0 Å². The van der Waals surface area contributed by atoms with Gasteiger partial charge in [0.15, 0.2) is 0 Å². The third-order valence-corrected chi connectivity index (χ3v) is 5.53. The molecule has 1 rings (SSSR count). The van der Waals surface area contributed by atoms with Gasteiger partial charge in [-0.2, -0.15) is 0 Å². The van der Waals surface area contributed by atoms with Gasteiger partial charge in [0.1, 0.15) is 0 Å². The van der Waals surface area contributed by atoms with Crippen LogP contribution in [-0.4, -0.2) is 50.8 Å². The van der Waals surface area contributed by atoms with Crippen LogP contribution < -0.4 is 10.6 Å². The zero-order chi connectivity index (χ0) is 15.3. The van der Waals surface area contributed by atoms with E-state index in [1.165, 1.54) is 0 Å². The molecule has 20 heavy (non-hydrogen) atoms. The Morgan fingerprint density at radius 1 is 0.950 bits per heavy atom. The second-order valence-electron chi connectivity index (χ2n) is 4.19. The Morgan fingerprint density at radius 3 is 1.90 bits per heavy atom. The van der Waals surface area contributed by atoms with E-state index < -0.39 is 8.80 Å². The van der Waals surface area contributed by atoms with Crippen molar-refractivity contribution in [3.8, 4) is 0 Å². The number of anilines is 1. The summed E-state index contributed by atoms with van der Waals surface area (Å²) in [5, 5.41) is 6.10. The highest BCUT2D eigenvalue weighted by molar-refractivity contribution is 6.60. The van der Waals surface area contributed by atoms with Gasteiger partial charge in [-0.05, 0) is 32.6 Å². The van der Waals surface area contributed by atoms with Gasteiger partial charge >= 0.3 is 8.80 Å². The molecule has 0 aliphatic rings. The Labute approximate surface area is 124 Å².